The molecule has 0 spiro atoms. The van der Waals surface area contributed by atoms with Crippen molar-refractivity contribution in [3.05, 3.63) is 0 Å². The van der Waals surface area contributed by atoms with Gasteiger partial charge in [0.2, 0.25) is 5.91 Å². The molecule has 17 heavy (non-hydrogen) atoms. The fourth-order valence-corrected chi connectivity index (χ4v) is 6.22. The third kappa shape index (κ3) is 2.49. The van der Waals surface area contributed by atoms with Crippen LogP contribution in [0.15, 0.2) is 4.99 Å². The van der Waals surface area contributed by atoms with E-state index in [4.69, 9.17) is 0 Å². The number of amides is 1. The van der Waals surface area contributed by atoms with Crippen LogP contribution in [0.5, 0.6) is 0 Å². The minimum absolute atomic E-state index is 0.00148. The first kappa shape index (κ1) is 12.9. The molecule has 2 heterocycles. The third-order valence-electron chi connectivity index (χ3n) is 3.04. The number of thioether (sulfide) groups is 1. The van der Waals surface area contributed by atoms with Gasteiger partial charge in [-0.2, -0.15) is 4.99 Å². The Labute approximate surface area is 106 Å². The molecule has 7 heteroatoms. The fourth-order valence-electron chi connectivity index (χ4n) is 2.19. The topological polar surface area (TPSA) is 66.8 Å². The summed E-state index contributed by atoms with van der Waals surface area (Å²) in [7, 11) is -2.91. The molecular formula is C10H16N2O3S2. The number of nitrogens with zero attached hydrogens (tertiary/aromatic N) is 2. The molecule has 2 atom stereocenters. The Morgan fingerprint density at radius 2 is 2.18 bits per heavy atom. The maximum Gasteiger partial charge on any atom is 0.247 e. The second-order valence-electron chi connectivity index (χ2n) is 4.23. The van der Waals surface area contributed by atoms with Gasteiger partial charge in [0.25, 0.3) is 0 Å². The molecule has 2 aliphatic heterocycles. The molecule has 0 aromatic rings. The van der Waals surface area contributed by atoms with Gasteiger partial charge in [0.05, 0.1) is 17.5 Å². The standard InChI is InChI=1S/C10H16N2O3S2/c1-3-9(13)11-10-12(4-2)7-5-17(14,15)6-8(7)16-10/h7-8H,3-6H2,1-2H3/t7-,8-/m0/s1. The molecule has 0 radical (unpaired) electrons. The van der Waals surface area contributed by atoms with Crippen molar-refractivity contribution in [2.24, 2.45) is 4.99 Å². The van der Waals surface area contributed by atoms with Crippen molar-refractivity contribution < 1.29 is 13.2 Å². The lowest BCUT2D eigenvalue weighted by molar-refractivity contribution is -0.117. The zero-order chi connectivity index (χ0) is 12.6. The molecule has 5 nitrogen and oxygen atoms in total. The monoisotopic (exact) mass is 276 g/mol. The Morgan fingerprint density at radius 1 is 1.47 bits per heavy atom. The Bertz CT molecular complexity index is 458. The highest BCUT2D eigenvalue weighted by atomic mass is 32.2. The van der Waals surface area contributed by atoms with Gasteiger partial charge >= 0.3 is 0 Å². The molecule has 2 saturated heterocycles. The maximum atomic E-state index is 11.5. The number of carbonyl (C=O) groups excluding carboxylic acids is 1. The van der Waals surface area contributed by atoms with Gasteiger partial charge in [0.1, 0.15) is 0 Å². The molecule has 0 N–H and O–H groups in total. The Balaban J connectivity index is 2.22. The first-order valence-electron chi connectivity index (χ1n) is 5.72. The number of fused-ring (bicyclic) bond motifs is 1. The van der Waals surface area contributed by atoms with Gasteiger partial charge in [0.15, 0.2) is 15.0 Å². The van der Waals surface area contributed by atoms with Gasteiger partial charge < -0.3 is 4.90 Å². The summed E-state index contributed by atoms with van der Waals surface area (Å²) in [5.41, 5.74) is 0. The summed E-state index contributed by atoms with van der Waals surface area (Å²) in [5.74, 6) is 0.254. The normalized spacial score (nSPS) is 33.1. The summed E-state index contributed by atoms with van der Waals surface area (Å²) in [6, 6.07) is -0.00148. The lowest BCUT2D eigenvalue weighted by Gasteiger charge is -2.22. The van der Waals surface area contributed by atoms with E-state index in [1.54, 1.807) is 6.92 Å². The number of aliphatic imine (C=N–C) groups is 1. The summed E-state index contributed by atoms with van der Waals surface area (Å²) in [6.07, 6.45) is 0.384. The Morgan fingerprint density at radius 3 is 2.76 bits per heavy atom. The molecule has 0 unspecified atom stereocenters. The van der Waals surface area contributed by atoms with E-state index in [1.165, 1.54) is 11.8 Å². The SMILES string of the molecule is CCC(=O)N=C1S[C@H]2CS(=O)(=O)C[C@@H]2N1CC. The number of carbonyl (C=O) groups is 1. The molecule has 2 aliphatic rings. The summed E-state index contributed by atoms with van der Waals surface area (Å²) < 4.78 is 23.1. The first-order valence-corrected chi connectivity index (χ1v) is 8.42. The number of hydrogen-bond acceptors (Lipinski definition) is 4. The predicted octanol–water partition coefficient (Wildman–Crippen LogP) is 0.513. The van der Waals surface area contributed by atoms with Crippen LogP contribution in [-0.2, 0) is 14.6 Å². The van der Waals surface area contributed by atoms with E-state index in [-0.39, 0.29) is 28.7 Å². The van der Waals surface area contributed by atoms with Crippen LogP contribution < -0.4 is 0 Å². The summed E-state index contributed by atoms with van der Waals surface area (Å²) in [4.78, 5) is 17.3. The smallest absolute Gasteiger partial charge is 0.247 e. The number of sulfone groups is 1. The number of hydrogen-bond donors (Lipinski definition) is 0. The van der Waals surface area contributed by atoms with E-state index in [9.17, 15) is 13.2 Å². The number of amidine groups is 1. The van der Waals surface area contributed by atoms with Gasteiger partial charge in [-0.25, -0.2) is 8.42 Å². The largest absolute Gasteiger partial charge is 0.346 e. The highest BCUT2D eigenvalue weighted by Gasteiger charge is 2.48. The highest BCUT2D eigenvalue weighted by Crippen LogP contribution is 2.37. The fraction of sp³-hybridized carbons (Fsp3) is 0.800. The van der Waals surface area contributed by atoms with E-state index >= 15 is 0 Å². The molecule has 96 valence electrons. The first-order chi connectivity index (χ1) is 7.96. The Hall–Kier alpha value is -0.560. The van der Waals surface area contributed by atoms with Crippen molar-refractivity contribution in [3.8, 4) is 0 Å². The molecule has 2 fully saturated rings. The highest BCUT2D eigenvalue weighted by molar-refractivity contribution is 8.15. The van der Waals surface area contributed by atoms with Crippen LogP contribution in [-0.4, -0.2) is 53.7 Å². The van der Waals surface area contributed by atoms with E-state index in [0.717, 1.165) is 0 Å². The van der Waals surface area contributed by atoms with E-state index in [1.807, 2.05) is 11.8 Å². The van der Waals surface area contributed by atoms with Crippen molar-refractivity contribution >= 4 is 32.7 Å². The summed E-state index contributed by atoms with van der Waals surface area (Å²) in [5, 5.41) is 0.743. The van der Waals surface area contributed by atoms with E-state index in [0.29, 0.717) is 18.1 Å². The van der Waals surface area contributed by atoms with Crippen molar-refractivity contribution in [1.29, 1.82) is 0 Å². The van der Waals surface area contributed by atoms with Gasteiger partial charge in [0, 0.05) is 18.2 Å². The zero-order valence-corrected chi connectivity index (χ0v) is 11.6. The molecule has 0 aliphatic carbocycles. The van der Waals surface area contributed by atoms with Crippen molar-refractivity contribution in [2.45, 2.75) is 31.6 Å². The van der Waals surface area contributed by atoms with Gasteiger partial charge in [-0.3, -0.25) is 4.79 Å². The van der Waals surface area contributed by atoms with Crippen molar-refractivity contribution in [2.75, 3.05) is 18.1 Å². The molecule has 1 amide bonds. The van der Waals surface area contributed by atoms with Crippen molar-refractivity contribution in [1.82, 2.24) is 4.90 Å². The van der Waals surface area contributed by atoms with Crippen LogP contribution in [0.4, 0.5) is 0 Å². The minimum atomic E-state index is -2.91. The predicted molar refractivity (Wildman–Crippen MR) is 68.9 cm³/mol. The quantitative estimate of drug-likeness (QED) is 0.735. The lowest BCUT2D eigenvalue weighted by atomic mass is 10.2. The third-order valence-corrected chi connectivity index (χ3v) is 6.29. The average Bonchev–Trinajstić information content (AvgIpc) is 2.68. The molecular weight excluding hydrogens is 260 g/mol. The molecule has 0 saturated carbocycles. The van der Waals surface area contributed by atoms with Crippen LogP contribution in [0, 0.1) is 0 Å². The van der Waals surface area contributed by atoms with Crippen LogP contribution in [0.25, 0.3) is 0 Å². The van der Waals surface area contributed by atoms with E-state index < -0.39 is 9.84 Å². The minimum Gasteiger partial charge on any atom is -0.346 e. The van der Waals surface area contributed by atoms with Crippen molar-refractivity contribution in [3.63, 3.8) is 0 Å². The molecule has 0 aromatic heterocycles. The van der Waals surface area contributed by atoms with Gasteiger partial charge in [-0.05, 0) is 6.92 Å². The Kier molecular flexibility index (Phi) is 3.49. The van der Waals surface area contributed by atoms with Crippen LogP contribution in [0.3, 0.4) is 0 Å². The van der Waals surface area contributed by atoms with Gasteiger partial charge in [-0.15, -0.1) is 0 Å². The second kappa shape index (κ2) is 4.61. The zero-order valence-electron chi connectivity index (χ0n) is 9.92. The molecule has 2 rings (SSSR count). The molecule has 0 aromatic carbocycles. The number of rotatable bonds is 2. The summed E-state index contributed by atoms with van der Waals surface area (Å²) >= 11 is 1.44. The lowest BCUT2D eigenvalue weighted by Crippen LogP contribution is -2.37. The van der Waals surface area contributed by atoms with Crippen LogP contribution >= 0.6 is 11.8 Å². The van der Waals surface area contributed by atoms with E-state index in [2.05, 4.69) is 4.99 Å². The molecule has 0 bridgehead atoms. The maximum absolute atomic E-state index is 11.5. The average molecular weight is 276 g/mol. The van der Waals surface area contributed by atoms with Crippen LogP contribution in [0.2, 0.25) is 0 Å². The van der Waals surface area contributed by atoms with Gasteiger partial charge in [-0.1, -0.05) is 18.7 Å². The van der Waals surface area contributed by atoms with Crippen LogP contribution in [0.1, 0.15) is 20.3 Å². The second-order valence-corrected chi connectivity index (χ2v) is 7.59. The summed E-state index contributed by atoms with van der Waals surface area (Å²) in [6.45, 7) is 4.42.